The molecule has 4 heteroatoms. The van der Waals surface area contributed by atoms with E-state index in [0.717, 1.165) is 28.5 Å². The number of nitrogens with zero attached hydrogens (tertiary/aromatic N) is 1. The van der Waals surface area contributed by atoms with Gasteiger partial charge in [0.2, 0.25) is 5.89 Å². The van der Waals surface area contributed by atoms with E-state index in [1.807, 2.05) is 61.5 Å². The van der Waals surface area contributed by atoms with Gasteiger partial charge in [-0.2, -0.15) is 0 Å². The molecule has 3 rings (SSSR count). The summed E-state index contributed by atoms with van der Waals surface area (Å²) in [4.78, 5) is 4.56. The van der Waals surface area contributed by atoms with Crippen LogP contribution in [0.4, 0.5) is 5.69 Å². The highest BCUT2D eigenvalue weighted by molar-refractivity contribution is 5.53. The third-order valence-electron chi connectivity index (χ3n) is 3.40. The van der Waals surface area contributed by atoms with Crippen LogP contribution in [0.5, 0.6) is 5.75 Å². The molecule has 0 bridgehead atoms. The molecule has 1 aromatic heterocycles. The second kappa shape index (κ2) is 6.35. The van der Waals surface area contributed by atoms with Gasteiger partial charge in [0.15, 0.2) is 0 Å². The van der Waals surface area contributed by atoms with Gasteiger partial charge in [0, 0.05) is 17.7 Å². The Hall–Kier alpha value is -2.75. The smallest absolute Gasteiger partial charge is 0.226 e. The molecule has 22 heavy (non-hydrogen) atoms. The van der Waals surface area contributed by atoms with Crippen LogP contribution in [0.3, 0.4) is 0 Å². The molecule has 0 aliphatic carbocycles. The van der Waals surface area contributed by atoms with Crippen LogP contribution in [-0.4, -0.2) is 11.6 Å². The van der Waals surface area contributed by atoms with E-state index in [1.54, 1.807) is 0 Å². The van der Waals surface area contributed by atoms with Gasteiger partial charge >= 0.3 is 0 Å². The highest BCUT2D eigenvalue weighted by Gasteiger charge is 2.11. The highest BCUT2D eigenvalue weighted by atomic mass is 16.5. The van der Waals surface area contributed by atoms with Crippen molar-refractivity contribution in [3.63, 3.8) is 0 Å². The van der Waals surface area contributed by atoms with Gasteiger partial charge in [-0.05, 0) is 43.3 Å². The number of aryl methyl sites for hydroxylation is 1. The first-order valence-electron chi connectivity index (χ1n) is 7.22. The van der Waals surface area contributed by atoms with E-state index in [9.17, 15) is 0 Å². The molecule has 0 amide bonds. The minimum absolute atomic E-state index is 0.547. The maximum Gasteiger partial charge on any atom is 0.226 e. The third kappa shape index (κ3) is 3.28. The first-order valence-corrected chi connectivity index (χ1v) is 7.22. The zero-order valence-electron chi connectivity index (χ0n) is 12.5. The first-order chi connectivity index (χ1) is 10.7. The lowest BCUT2D eigenvalue weighted by atomic mass is 10.2. The summed E-state index contributed by atoms with van der Waals surface area (Å²) in [6, 6.07) is 17.3. The van der Waals surface area contributed by atoms with E-state index >= 15 is 0 Å². The first kappa shape index (κ1) is 14.2. The Bertz CT molecular complexity index is 734. The summed E-state index contributed by atoms with van der Waals surface area (Å²) >= 11 is 0. The number of ether oxygens (including phenoxy) is 1. The summed E-state index contributed by atoms with van der Waals surface area (Å²) in [5.41, 5.74) is 8.28. The van der Waals surface area contributed by atoms with Crippen molar-refractivity contribution in [2.75, 3.05) is 12.3 Å². The Morgan fingerprint density at radius 2 is 1.77 bits per heavy atom. The average Bonchev–Trinajstić information content (AvgIpc) is 2.91. The van der Waals surface area contributed by atoms with Crippen molar-refractivity contribution in [2.24, 2.45) is 0 Å². The van der Waals surface area contributed by atoms with Crippen molar-refractivity contribution in [1.82, 2.24) is 4.98 Å². The second-order valence-electron chi connectivity index (χ2n) is 5.06. The number of oxazole rings is 1. The largest absolute Gasteiger partial charge is 0.493 e. The van der Waals surface area contributed by atoms with Crippen LogP contribution in [0.25, 0.3) is 11.5 Å². The van der Waals surface area contributed by atoms with Gasteiger partial charge in [-0.1, -0.05) is 18.2 Å². The number of nitrogens with two attached hydrogens (primary N) is 1. The van der Waals surface area contributed by atoms with E-state index in [0.29, 0.717) is 18.9 Å². The van der Waals surface area contributed by atoms with E-state index in [1.165, 1.54) is 0 Å². The molecule has 0 saturated heterocycles. The number of anilines is 1. The van der Waals surface area contributed by atoms with Crippen LogP contribution >= 0.6 is 0 Å². The second-order valence-corrected chi connectivity index (χ2v) is 5.06. The maximum absolute atomic E-state index is 5.74. The van der Waals surface area contributed by atoms with Crippen molar-refractivity contribution in [3.8, 4) is 17.2 Å². The molecule has 0 atom stereocenters. The number of rotatable bonds is 5. The van der Waals surface area contributed by atoms with E-state index in [2.05, 4.69) is 4.98 Å². The Labute approximate surface area is 129 Å². The molecule has 0 fully saturated rings. The van der Waals surface area contributed by atoms with Crippen LogP contribution in [0.1, 0.15) is 11.5 Å². The normalized spacial score (nSPS) is 10.6. The fourth-order valence-electron chi connectivity index (χ4n) is 2.19. The summed E-state index contributed by atoms with van der Waals surface area (Å²) in [6.45, 7) is 2.48. The number of nitrogen functional groups attached to an aromatic ring is 1. The van der Waals surface area contributed by atoms with Crippen molar-refractivity contribution >= 4 is 5.69 Å². The predicted molar refractivity (Wildman–Crippen MR) is 86.7 cm³/mol. The van der Waals surface area contributed by atoms with Crippen molar-refractivity contribution in [1.29, 1.82) is 0 Å². The number of hydrogen-bond acceptors (Lipinski definition) is 4. The van der Waals surface area contributed by atoms with Crippen molar-refractivity contribution < 1.29 is 9.15 Å². The zero-order chi connectivity index (χ0) is 15.4. The third-order valence-corrected chi connectivity index (χ3v) is 3.40. The van der Waals surface area contributed by atoms with Gasteiger partial charge in [0.1, 0.15) is 11.5 Å². The lowest BCUT2D eigenvalue weighted by Gasteiger charge is -2.05. The molecule has 0 saturated carbocycles. The fourth-order valence-corrected chi connectivity index (χ4v) is 2.19. The Balaban J connectivity index is 1.63. The van der Waals surface area contributed by atoms with E-state index in [4.69, 9.17) is 14.9 Å². The standard InChI is InChI=1S/C18H18N2O2/c1-13-17(11-12-21-16-9-7-15(19)8-10-16)20-18(22-13)14-5-3-2-4-6-14/h2-10H,11-12,19H2,1H3. The number of benzene rings is 2. The molecular formula is C18H18N2O2. The average molecular weight is 294 g/mol. The molecule has 0 aliphatic rings. The van der Waals surface area contributed by atoms with Gasteiger partial charge in [0.05, 0.1) is 12.3 Å². The Morgan fingerprint density at radius 1 is 1.05 bits per heavy atom. The quantitative estimate of drug-likeness (QED) is 0.726. The van der Waals surface area contributed by atoms with Gasteiger partial charge in [-0.15, -0.1) is 0 Å². The summed E-state index contributed by atoms with van der Waals surface area (Å²) in [6.07, 6.45) is 0.701. The fraction of sp³-hybridized carbons (Fsp3) is 0.167. The Morgan fingerprint density at radius 3 is 2.50 bits per heavy atom. The molecule has 4 nitrogen and oxygen atoms in total. The van der Waals surface area contributed by atoms with Crippen LogP contribution in [-0.2, 0) is 6.42 Å². The summed E-state index contributed by atoms with van der Waals surface area (Å²) in [7, 11) is 0. The molecule has 2 aromatic carbocycles. The topological polar surface area (TPSA) is 61.3 Å². The molecule has 1 heterocycles. The summed E-state index contributed by atoms with van der Waals surface area (Å²) in [5.74, 6) is 2.29. The van der Waals surface area contributed by atoms with Crippen LogP contribution < -0.4 is 10.5 Å². The van der Waals surface area contributed by atoms with E-state index < -0.39 is 0 Å². The van der Waals surface area contributed by atoms with Gasteiger partial charge in [0.25, 0.3) is 0 Å². The molecule has 0 aliphatic heterocycles. The maximum atomic E-state index is 5.74. The lowest BCUT2D eigenvalue weighted by molar-refractivity contribution is 0.320. The predicted octanol–water partition coefficient (Wildman–Crippen LogP) is 3.85. The summed E-state index contributed by atoms with van der Waals surface area (Å²) < 4.78 is 11.4. The molecule has 112 valence electrons. The highest BCUT2D eigenvalue weighted by Crippen LogP contribution is 2.22. The minimum Gasteiger partial charge on any atom is -0.493 e. The van der Waals surface area contributed by atoms with Gasteiger partial charge in [-0.3, -0.25) is 0 Å². The number of aromatic nitrogens is 1. The molecule has 0 spiro atoms. The SMILES string of the molecule is Cc1oc(-c2ccccc2)nc1CCOc1ccc(N)cc1. The Kier molecular flexibility index (Phi) is 4.10. The van der Waals surface area contributed by atoms with Gasteiger partial charge < -0.3 is 14.9 Å². The molecule has 0 radical (unpaired) electrons. The van der Waals surface area contributed by atoms with Crippen molar-refractivity contribution in [2.45, 2.75) is 13.3 Å². The van der Waals surface area contributed by atoms with Crippen LogP contribution in [0, 0.1) is 6.92 Å². The van der Waals surface area contributed by atoms with Crippen LogP contribution in [0.2, 0.25) is 0 Å². The molecule has 3 aromatic rings. The zero-order valence-corrected chi connectivity index (χ0v) is 12.5. The van der Waals surface area contributed by atoms with E-state index in [-0.39, 0.29) is 0 Å². The molecular weight excluding hydrogens is 276 g/mol. The van der Waals surface area contributed by atoms with Crippen molar-refractivity contribution in [3.05, 3.63) is 66.1 Å². The monoisotopic (exact) mass is 294 g/mol. The molecule has 2 N–H and O–H groups in total. The van der Waals surface area contributed by atoms with Crippen LogP contribution in [0.15, 0.2) is 59.0 Å². The lowest BCUT2D eigenvalue weighted by Crippen LogP contribution is -2.02. The minimum atomic E-state index is 0.547. The molecule has 0 unspecified atom stereocenters. The van der Waals surface area contributed by atoms with Gasteiger partial charge in [-0.25, -0.2) is 4.98 Å². The summed E-state index contributed by atoms with van der Waals surface area (Å²) in [5, 5.41) is 0. The number of hydrogen-bond donors (Lipinski definition) is 1.